The number of rotatable bonds is 10. The summed E-state index contributed by atoms with van der Waals surface area (Å²) in [5.74, 6) is -3.35. The van der Waals surface area contributed by atoms with Crippen molar-refractivity contribution >= 4 is 46.7 Å². The number of amides is 2. The third-order valence-electron chi connectivity index (χ3n) is 11.3. The predicted octanol–water partition coefficient (Wildman–Crippen LogP) is 5.30. The number of ketones is 2. The number of carbonyl (C=O) groups excluding carboxylic acids is 4. The Morgan fingerprint density at radius 2 is 1.81 bits per heavy atom. The minimum Gasteiger partial charge on any atom is -0.507 e. The van der Waals surface area contributed by atoms with E-state index in [1.54, 1.807) is 31.2 Å². The summed E-state index contributed by atoms with van der Waals surface area (Å²) >= 11 is 8.15. The van der Waals surface area contributed by atoms with Gasteiger partial charge in [0.05, 0.1) is 14.2 Å². The van der Waals surface area contributed by atoms with E-state index in [9.17, 15) is 29.1 Å². The summed E-state index contributed by atoms with van der Waals surface area (Å²) in [5.41, 5.74) is -0.575. The lowest BCUT2D eigenvalue weighted by atomic mass is 9.69. The fourth-order valence-corrected chi connectivity index (χ4v) is 9.26. The lowest BCUT2D eigenvalue weighted by Crippen LogP contribution is -2.53. The summed E-state index contributed by atoms with van der Waals surface area (Å²) in [6, 6.07) is 14.0. The number of thioether (sulfide) groups is 1. The Kier molecular flexibility index (Phi) is 10.3. The maximum atomic E-state index is 14.4. The lowest BCUT2D eigenvalue weighted by molar-refractivity contribution is -0.134. The first-order chi connectivity index (χ1) is 25.9. The molecule has 1 fully saturated rings. The average molecular weight is 776 g/mol. The van der Waals surface area contributed by atoms with Gasteiger partial charge in [-0.3, -0.25) is 24.0 Å². The molecule has 2 amide bonds. The van der Waals surface area contributed by atoms with Crippen LogP contribution in [0.3, 0.4) is 0 Å². The van der Waals surface area contributed by atoms with E-state index in [4.69, 9.17) is 25.8 Å². The van der Waals surface area contributed by atoms with Crippen molar-refractivity contribution in [1.29, 1.82) is 0 Å². The number of benzene rings is 2. The fourth-order valence-electron chi connectivity index (χ4n) is 8.59. The van der Waals surface area contributed by atoms with Crippen LogP contribution in [-0.2, 0) is 20.9 Å². The summed E-state index contributed by atoms with van der Waals surface area (Å²) in [4.78, 5) is 70.6. The average Bonchev–Trinajstić information content (AvgIpc) is 3.48. The van der Waals surface area contributed by atoms with E-state index < -0.39 is 40.7 Å². The molecule has 2 N–H and O–H groups in total. The molecule has 1 saturated heterocycles. The van der Waals surface area contributed by atoms with E-state index in [0.29, 0.717) is 25.2 Å². The monoisotopic (exact) mass is 775 g/mol. The molecule has 1 aromatic heterocycles. The molecule has 0 saturated carbocycles. The maximum Gasteiger partial charge on any atom is 0.250 e. The van der Waals surface area contributed by atoms with Gasteiger partial charge in [-0.15, -0.1) is 11.8 Å². The van der Waals surface area contributed by atoms with Crippen molar-refractivity contribution in [3.8, 4) is 17.2 Å². The molecule has 1 aliphatic carbocycles. The van der Waals surface area contributed by atoms with Gasteiger partial charge in [0.25, 0.3) is 5.56 Å². The number of pyridine rings is 1. The van der Waals surface area contributed by atoms with Crippen LogP contribution in [0.15, 0.2) is 69.6 Å². The molecule has 2 bridgehead atoms. The first-order valence-electron chi connectivity index (χ1n) is 17.9. The van der Waals surface area contributed by atoms with E-state index in [1.165, 1.54) is 32.0 Å². The van der Waals surface area contributed by atoms with Crippen LogP contribution in [0, 0.1) is 11.8 Å². The number of aliphatic hydroxyl groups is 1. The van der Waals surface area contributed by atoms with Gasteiger partial charge in [0, 0.05) is 91.5 Å². The molecule has 5 atom stereocenters. The van der Waals surface area contributed by atoms with Gasteiger partial charge in [-0.05, 0) is 42.4 Å². The molecule has 3 aliphatic heterocycles. The lowest BCUT2D eigenvalue weighted by Gasteiger charge is -2.42. The molecule has 3 aromatic rings. The van der Waals surface area contributed by atoms with Crippen molar-refractivity contribution in [1.82, 2.24) is 14.8 Å². The van der Waals surface area contributed by atoms with Crippen molar-refractivity contribution in [2.45, 2.75) is 61.5 Å². The highest BCUT2D eigenvalue weighted by Gasteiger charge is 2.61. The Labute approximate surface area is 321 Å². The molecule has 12 nitrogen and oxygen atoms in total. The molecule has 0 radical (unpaired) electrons. The highest BCUT2D eigenvalue weighted by Crippen LogP contribution is 2.56. The van der Waals surface area contributed by atoms with Crippen molar-refractivity contribution in [3.63, 3.8) is 0 Å². The van der Waals surface area contributed by atoms with Gasteiger partial charge < -0.3 is 34.1 Å². The number of halogens is 1. The summed E-state index contributed by atoms with van der Waals surface area (Å²) < 4.78 is 19.0. The summed E-state index contributed by atoms with van der Waals surface area (Å²) in [7, 11) is 2.80. The second kappa shape index (κ2) is 14.8. The largest absolute Gasteiger partial charge is 0.507 e. The molecule has 284 valence electrons. The van der Waals surface area contributed by atoms with Crippen LogP contribution in [0.25, 0.3) is 0 Å². The maximum absolute atomic E-state index is 14.4. The van der Waals surface area contributed by atoms with Crippen LogP contribution in [0.4, 0.5) is 0 Å². The summed E-state index contributed by atoms with van der Waals surface area (Å²) in [6.07, 6.45) is 2.52. The Morgan fingerprint density at radius 3 is 2.52 bits per heavy atom. The van der Waals surface area contributed by atoms with Crippen molar-refractivity contribution in [2.24, 2.45) is 11.8 Å². The highest BCUT2D eigenvalue weighted by atomic mass is 35.5. The van der Waals surface area contributed by atoms with Gasteiger partial charge >= 0.3 is 0 Å². The van der Waals surface area contributed by atoms with Crippen LogP contribution in [0.5, 0.6) is 17.2 Å². The number of likely N-dealkylation sites (tertiary alicyclic amines) is 1. The minimum absolute atomic E-state index is 0.0168. The normalized spacial score (nSPS) is 23.4. The van der Waals surface area contributed by atoms with Crippen LogP contribution >= 0.6 is 23.4 Å². The first-order valence-corrected chi connectivity index (χ1v) is 19.5. The number of nitrogens with one attached hydrogen (secondary N) is 1. The number of fused-ring (bicyclic) bond motifs is 5. The van der Waals surface area contributed by atoms with Crippen LogP contribution < -0.4 is 25.1 Å². The zero-order valence-electron chi connectivity index (χ0n) is 30.5. The van der Waals surface area contributed by atoms with Crippen molar-refractivity contribution < 1.29 is 38.5 Å². The number of allylic oxidation sites excluding steroid dienone is 1. The predicted molar refractivity (Wildman–Crippen MR) is 202 cm³/mol. The van der Waals surface area contributed by atoms with Gasteiger partial charge in [-0.1, -0.05) is 36.7 Å². The van der Waals surface area contributed by atoms with Gasteiger partial charge in [-0.25, -0.2) is 0 Å². The van der Waals surface area contributed by atoms with Gasteiger partial charge in [0.15, 0.2) is 17.3 Å². The second-order valence-corrected chi connectivity index (χ2v) is 15.6. The third kappa shape index (κ3) is 6.34. The number of aliphatic hydroxyl groups excluding tert-OH is 1. The van der Waals surface area contributed by atoms with E-state index in [1.807, 2.05) is 33.9 Å². The summed E-state index contributed by atoms with van der Waals surface area (Å²) in [6.45, 7) is 3.33. The fraction of sp³-hybridized carbons (Fsp3) is 0.425. The number of hydrogen-bond donors (Lipinski definition) is 2. The Bertz CT molecular complexity index is 2130. The van der Waals surface area contributed by atoms with Gasteiger partial charge in [-0.2, -0.15) is 0 Å². The number of piperidine rings is 1. The van der Waals surface area contributed by atoms with Crippen LogP contribution in [0.2, 0.25) is 5.02 Å². The molecule has 4 heterocycles. The van der Waals surface area contributed by atoms with Gasteiger partial charge in [0.2, 0.25) is 23.2 Å². The number of hydrogen-bond acceptors (Lipinski definition) is 10. The first kappa shape index (κ1) is 37.6. The van der Waals surface area contributed by atoms with E-state index in [2.05, 4.69) is 5.32 Å². The molecule has 54 heavy (non-hydrogen) atoms. The van der Waals surface area contributed by atoms with Crippen molar-refractivity contribution in [2.75, 3.05) is 40.1 Å². The number of methoxy groups -OCH3 is 2. The standard InChI is InChI=1S/C40H42ClN3O9S/c1-21-14-28(45)34(38(49)40(21)39(50)35-29(51-2)17-30(52-3)36(41)37(35)53-40)26(23-8-10-25(54-4)11-9-23)16-31(46)42-13-12-32(47)43-18-22-15-24(20-43)27-6-5-7-33(48)44(27)19-22/h5-11,17,21-22,24,26,49H,12-16,18-20H2,1-4H3,(H,42,46)/t21-,22?,24?,26?,40+/m1/s1. The number of Topliss-reactive ketones (excluding diaryl/α,β-unsaturated/α-hetero) is 2. The molecular weight excluding hydrogens is 734 g/mol. The number of nitrogens with zero attached hydrogens (tertiary/aromatic N) is 2. The molecule has 1 spiro atoms. The smallest absolute Gasteiger partial charge is 0.250 e. The molecule has 4 aliphatic rings. The number of ether oxygens (including phenoxy) is 3. The Balaban J connectivity index is 1.13. The van der Waals surface area contributed by atoms with Crippen LogP contribution in [-0.4, -0.2) is 83.7 Å². The third-order valence-corrected chi connectivity index (χ3v) is 12.4. The molecule has 3 unspecified atom stereocenters. The Morgan fingerprint density at radius 1 is 1.07 bits per heavy atom. The quantitative estimate of drug-likeness (QED) is 0.260. The minimum atomic E-state index is -2.00. The zero-order chi connectivity index (χ0) is 38.5. The Hall–Kier alpha value is -4.75. The molecule has 2 aromatic carbocycles. The number of carbonyl (C=O) groups is 4. The van der Waals surface area contributed by atoms with Crippen molar-refractivity contribution in [3.05, 3.63) is 92.1 Å². The second-order valence-electron chi connectivity index (χ2n) is 14.4. The number of aromatic nitrogens is 1. The molecule has 14 heteroatoms. The van der Waals surface area contributed by atoms with Crippen LogP contribution in [0.1, 0.15) is 66.1 Å². The summed E-state index contributed by atoms with van der Waals surface area (Å²) in [5, 5.41) is 15.0. The van der Waals surface area contributed by atoms with Gasteiger partial charge in [0.1, 0.15) is 22.1 Å². The topological polar surface area (TPSA) is 153 Å². The van der Waals surface area contributed by atoms with E-state index in [-0.39, 0.29) is 82.5 Å². The van der Waals surface area contributed by atoms with E-state index >= 15 is 0 Å². The highest BCUT2D eigenvalue weighted by molar-refractivity contribution is 7.98. The molecule has 7 rings (SSSR count). The zero-order valence-corrected chi connectivity index (χ0v) is 32.1. The molecular formula is C40H42ClN3O9S. The van der Waals surface area contributed by atoms with E-state index in [0.717, 1.165) is 17.0 Å². The SMILES string of the molecule is COc1cc(OC)c2c(c1Cl)O[C@]1(C2=O)C(O)=C(C(CC(=O)NCCC(=O)N2CC3CC(C2)c2cccc(=O)n2C3)c2ccc(SC)cc2)C(=O)C[C@H]1C.